The van der Waals surface area contributed by atoms with E-state index in [2.05, 4.69) is 5.32 Å². The molecule has 19 heavy (non-hydrogen) atoms. The van der Waals surface area contributed by atoms with Gasteiger partial charge in [0.25, 0.3) is 0 Å². The van der Waals surface area contributed by atoms with Crippen molar-refractivity contribution in [2.24, 2.45) is 0 Å². The number of hydrogen-bond acceptors (Lipinski definition) is 5. The largest absolute Gasteiger partial charge is 0.394 e. The first-order valence-electron chi connectivity index (χ1n) is 5.97. The monoisotopic (exact) mass is 285 g/mol. The van der Waals surface area contributed by atoms with E-state index in [-0.39, 0.29) is 12.3 Å². The molecule has 0 aliphatic rings. The molecule has 6 heteroatoms. The first kappa shape index (κ1) is 16.0. The van der Waals surface area contributed by atoms with E-state index < -0.39 is 25.4 Å². The van der Waals surface area contributed by atoms with Gasteiger partial charge in [-0.1, -0.05) is 18.2 Å². The Kier molecular flexibility index (Phi) is 6.86. The van der Waals surface area contributed by atoms with E-state index in [1.807, 2.05) is 30.3 Å². The SMILES string of the molecule is O=C(CCSc1ccccc1)NC(CO)(CO)CO. The highest BCUT2D eigenvalue weighted by molar-refractivity contribution is 7.99. The molecule has 0 spiro atoms. The van der Waals surface area contributed by atoms with Gasteiger partial charge in [-0.15, -0.1) is 11.8 Å². The van der Waals surface area contributed by atoms with Gasteiger partial charge in [-0.25, -0.2) is 0 Å². The van der Waals surface area contributed by atoms with E-state index in [0.29, 0.717) is 5.75 Å². The number of rotatable bonds is 8. The van der Waals surface area contributed by atoms with Crippen molar-refractivity contribution in [2.75, 3.05) is 25.6 Å². The second-order valence-corrected chi connectivity index (χ2v) is 5.38. The summed E-state index contributed by atoms with van der Waals surface area (Å²) in [6, 6.07) is 9.70. The number of benzene rings is 1. The van der Waals surface area contributed by atoms with Crippen LogP contribution in [0.3, 0.4) is 0 Å². The summed E-state index contributed by atoms with van der Waals surface area (Å²) in [5, 5.41) is 29.7. The molecule has 0 unspecified atom stereocenters. The lowest BCUT2D eigenvalue weighted by Crippen LogP contribution is -2.57. The average Bonchev–Trinajstić information content (AvgIpc) is 2.46. The van der Waals surface area contributed by atoms with Crippen LogP contribution in [0.1, 0.15) is 6.42 Å². The lowest BCUT2D eigenvalue weighted by atomic mass is 10.0. The number of nitrogens with one attached hydrogen (secondary N) is 1. The maximum absolute atomic E-state index is 11.7. The van der Waals surface area contributed by atoms with E-state index in [1.54, 1.807) is 11.8 Å². The molecule has 0 radical (unpaired) electrons. The fourth-order valence-corrected chi connectivity index (χ4v) is 2.28. The quantitative estimate of drug-likeness (QED) is 0.505. The minimum atomic E-state index is -1.34. The number of hydrogen-bond donors (Lipinski definition) is 4. The number of carbonyl (C=O) groups excluding carboxylic acids is 1. The predicted octanol–water partition coefficient (Wildman–Crippen LogP) is 0.000700. The third-order valence-electron chi connectivity index (χ3n) is 2.65. The van der Waals surface area contributed by atoms with Crippen LogP contribution >= 0.6 is 11.8 Å². The van der Waals surface area contributed by atoms with Gasteiger partial charge in [-0.05, 0) is 12.1 Å². The number of thioether (sulfide) groups is 1. The summed E-state index contributed by atoms with van der Waals surface area (Å²) in [5.74, 6) is 0.286. The Labute approximate surface area is 116 Å². The Morgan fingerprint density at radius 2 is 1.68 bits per heavy atom. The number of carbonyl (C=O) groups is 1. The van der Waals surface area contributed by atoms with Crippen LogP contribution in [0.4, 0.5) is 0 Å². The van der Waals surface area contributed by atoms with Gasteiger partial charge < -0.3 is 20.6 Å². The minimum absolute atomic E-state index is 0.251. The molecule has 1 rings (SSSR count). The zero-order chi connectivity index (χ0) is 14.1. The Bertz CT molecular complexity index is 373. The van der Waals surface area contributed by atoms with Crippen LogP contribution in [0, 0.1) is 0 Å². The highest BCUT2D eigenvalue weighted by Gasteiger charge is 2.29. The topological polar surface area (TPSA) is 89.8 Å². The van der Waals surface area contributed by atoms with Crippen molar-refractivity contribution in [1.29, 1.82) is 0 Å². The second-order valence-electron chi connectivity index (χ2n) is 4.21. The van der Waals surface area contributed by atoms with Crippen LogP contribution in [0.25, 0.3) is 0 Å². The summed E-state index contributed by atoms with van der Waals surface area (Å²) < 4.78 is 0. The standard InChI is InChI=1S/C13H19NO4S/c15-8-13(9-16,10-17)14-12(18)6-7-19-11-4-2-1-3-5-11/h1-5,15-17H,6-10H2,(H,14,18). The van der Waals surface area contributed by atoms with E-state index in [4.69, 9.17) is 15.3 Å². The molecule has 0 bridgehead atoms. The fraction of sp³-hybridized carbons (Fsp3) is 0.462. The van der Waals surface area contributed by atoms with Crippen molar-refractivity contribution in [3.63, 3.8) is 0 Å². The van der Waals surface area contributed by atoms with Gasteiger partial charge >= 0.3 is 0 Å². The van der Waals surface area contributed by atoms with E-state index in [1.165, 1.54) is 0 Å². The predicted molar refractivity (Wildman–Crippen MR) is 73.9 cm³/mol. The first-order valence-corrected chi connectivity index (χ1v) is 6.96. The lowest BCUT2D eigenvalue weighted by Gasteiger charge is -2.28. The number of aliphatic hydroxyl groups excluding tert-OH is 3. The van der Waals surface area contributed by atoms with Crippen LogP contribution in [0.15, 0.2) is 35.2 Å². The van der Waals surface area contributed by atoms with E-state index in [0.717, 1.165) is 4.90 Å². The molecule has 0 aliphatic carbocycles. The molecule has 0 aliphatic heterocycles. The Morgan fingerprint density at radius 3 is 2.21 bits per heavy atom. The molecule has 0 saturated carbocycles. The minimum Gasteiger partial charge on any atom is -0.394 e. The molecule has 0 aromatic heterocycles. The van der Waals surface area contributed by atoms with E-state index in [9.17, 15) is 4.79 Å². The Balaban J connectivity index is 2.35. The van der Waals surface area contributed by atoms with Crippen LogP contribution in [0.2, 0.25) is 0 Å². The average molecular weight is 285 g/mol. The van der Waals surface area contributed by atoms with Crippen molar-refractivity contribution in [2.45, 2.75) is 16.9 Å². The highest BCUT2D eigenvalue weighted by atomic mass is 32.2. The molecule has 1 aromatic carbocycles. The summed E-state index contributed by atoms with van der Waals surface area (Å²) in [5.41, 5.74) is -1.34. The normalized spacial score (nSPS) is 11.3. The smallest absolute Gasteiger partial charge is 0.221 e. The van der Waals surface area contributed by atoms with Gasteiger partial charge in [0.1, 0.15) is 5.54 Å². The zero-order valence-electron chi connectivity index (χ0n) is 10.6. The van der Waals surface area contributed by atoms with Crippen molar-refractivity contribution in [1.82, 2.24) is 5.32 Å². The Hall–Kier alpha value is -1.08. The first-order chi connectivity index (χ1) is 9.15. The molecule has 1 aromatic rings. The maximum Gasteiger partial charge on any atom is 0.221 e. The molecular weight excluding hydrogens is 266 g/mol. The van der Waals surface area contributed by atoms with Crippen LogP contribution in [-0.2, 0) is 4.79 Å². The van der Waals surface area contributed by atoms with E-state index >= 15 is 0 Å². The molecule has 106 valence electrons. The fourth-order valence-electron chi connectivity index (χ4n) is 1.41. The number of aliphatic hydroxyl groups is 3. The summed E-state index contributed by atoms with van der Waals surface area (Å²) in [4.78, 5) is 12.7. The van der Waals surface area contributed by atoms with Crippen molar-refractivity contribution in [3.05, 3.63) is 30.3 Å². The molecule has 0 saturated heterocycles. The van der Waals surface area contributed by atoms with Crippen molar-refractivity contribution >= 4 is 17.7 Å². The molecule has 1 amide bonds. The van der Waals surface area contributed by atoms with Crippen LogP contribution < -0.4 is 5.32 Å². The van der Waals surface area contributed by atoms with Gasteiger partial charge in [0.15, 0.2) is 0 Å². The van der Waals surface area contributed by atoms with Crippen molar-refractivity contribution in [3.8, 4) is 0 Å². The lowest BCUT2D eigenvalue weighted by molar-refractivity contribution is -0.124. The summed E-state index contributed by atoms with van der Waals surface area (Å²) in [7, 11) is 0. The van der Waals surface area contributed by atoms with Crippen LogP contribution in [-0.4, -0.2) is 52.3 Å². The van der Waals surface area contributed by atoms with Gasteiger partial charge in [-0.3, -0.25) is 4.79 Å². The van der Waals surface area contributed by atoms with Crippen molar-refractivity contribution < 1.29 is 20.1 Å². The summed E-state index contributed by atoms with van der Waals surface area (Å²) in [6.45, 7) is -1.51. The molecule has 5 nitrogen and oxygen atoms in total. The Morgan fingerprint density at radius 1 is 1.11 bits per heavy atom. The molecule has 0 fully saturated rings. The molecular formula is C13H19NO4S. The third-order valence-corrected chi connectivity index (χ3v) is 3.67. The second kappa shape index (κ2) is 8.16. The van der Waals surface area contributed by atoms with Gasteiger partial charge in [-0.2, -0.15) is 0 Å². The molecule has 0 atom stereocenters. The highest BCUT2D eigenvalue weighted by Crippen LogP contribution is 2.17. The molecule has 0 heterocycles. The van der Waals surface area contributed by atoms with Gasteiger partial charge in [0.2, 0.25) is 5.91 Å². The van der Waals surface area contributed by atoms with Gasteiger partial charge in [0.05, 0.1) is 19.8 Å². The zero-order valence-corrected chi connectivity index (χ0v) is 11.4. The maximum atomic E-state index is 11.7. The summed E-state index contributed by atoms with van der Waals surface area (Å²) >= 11 is 1.55. The number of amides is 1. The van der Waals surface area contributed by atoms with Crippen LogP contribution in [0.5, 0.6) is 0 Å². The van der Waals surface area contributed by atoms with Gasteiger partial charge in [0, 0.05) is 17.1 Å². The third kappa shape index (κ3) is 5.20. The molecule has 4 N–H and O–H groups in total. The summed E-state index contributed by atoms with van der Waals surface area (Å²) in [6.07, 6.45) is 0.251.